The molecule has 0 aliphatic carbocycles. The van der Waals surface area contributed by atoms with Gasteiger partial charge in [0.1, 0.15) is 11.6 Å². The van der Waals surface area contributed by atoms with Crippen LogP contribution in [0.3, 0.4) is 0 Å². The molecule has 3 N–H and O–H groups in total. The molecule has 0 spiro atoms. The fraction of sp³-hybridized carbons (Fsp3) is 0.429. The molecule has 2 aliphatic rings. The minimum Gasteiger partial charge on any atom is -0.495 e. The summed E-state index contributed by atoms with van der Waals surface area (Å²) in [5, 5.41) is 5.43. The van der Waals surface area contributed by atoms with Gasteiger partial charge in [-0.25, -0.2) is 0 Å². The number of carbonyl (C=O) groups excluding carboxylic acids is 2. The molecular formula is C21H25N5O4. The second-order valence-corrected chi connectivity index (χ2v) is 7.84. The molecule has 1 fully saturated rings. The molecule has 4 rings (SSSR count). The SMILES string of the molecule is COc1ccccc1NC(=O)[C@@H]1CC(=O)Nc2nc(N3CCC[C@H](C)C3)[nH]c(=O)c21. The van der Waals surface area contributed by atoms with E-state index in [1.165, 1.54) is 7.11 Å². The quantitative estimate of drug-likeness (QED) is 0.709. The molecule has 158 valence electrons. The lowest BCUT2D eigenvalue weighted by Crippen LogP contribution is -2.40. The molecule has 0 radical (unpaired) electrons. The topological polar surface area (TPSA) is 116 Å². The third-order valence-electron chi connectivity index (χ3n) is 5.58. The molecule has 9 nitrogen and oxygen atoms in total. The van der Waals surface area contributed by atoms with Crippen LogP contribution in [-0.2, 0) is 9.59 Å². The van der Waals surface area contributed by atoms with Crippen molar-refractivity contribution < 1.29 is 14.3 Å². The van der Waals surface area contributed by atoms with Gasteiger partial charge in [0.15, 0.2) is 0 Å². The van der Waals surface area contributed by atoms with E-state index >= 15 is 0 Å². The molecule has 2 aromatic rings. The summed E-state index contributed by atoms with van der Waals surface area (Å²) in [6.07, 6.45) is 2.02. The Balaban J connectivity index is 1.65. The number of ether oxygens (including phenoxy) is 1. The third-order valence-corrected chi connectivity index (χ3v) is 5.58. The van der Waals surface area contributed by atoms with Crippen molar-refractivity contribution in [3.63, 3.8) is 0 Å². The van der Waals surface area contributed by atoms with E-state index in [0.29, 0.717) is 23.3 Å². The predicted octanol–water partition coefficient (Wildman–Crippen LogP) is 2.08. The number of fused-ring (bicyclic) bond motifs is 1. The first-order valence-corrected chi connectivity index (χ1v) is 10.1. The minimum absolute atomic E-state index is 0.126. The molecule has 1 aromatic heterocycles. The summed E-state index contributed by atoms with van der Waals surface area (Å²) in [6, 6.07) is 6.97. The van der Waals surface area contributed by atoms with E-state index < -0.39 is 17.4 Å². The first-order chi connectivity index (χ1) is 14.5. The minimum atomic E-state index is -0.941. The summed E-state index contributed by atoms with van der Waals surface area (Å²) in [7, 11) is 1.51. The van der Waals surface area contributed by atoms with E-state index in [9.17, 15) is 14.4 Å². The smallest absolute Gasteiger partial charge is 0.258 e. The Kier molecular flexibility index (Phi) is 5.43. The Morgan fingerprint density at radius 3 is 2.87 bits per heavy atom. The maximum atomic E-state index is 13.0. The molecule has 9 heteroatoms. The molecule has 1 saturated heterocycles. The summed E-state index contributed by atoms with van der Waals surface area (Å²) in [5.74, 6) is -0.174. The molecule has 0 saturated carbocycles. The Labute approximate surface area is 173 Å². The fourth-order valence-corrected chi connectivity index (χ4v) is 4.08. The Bertz CT molecular complexity index is 1030. The van der Waals surface area contributed by atoms with Crippen molar-refractivity contribution >= 4 is 29.3 Å². The maximum Gasteiger partial charge on any atom is 0.258 e. The number of amides is 2. The van der Waals surface area contributed by atoms with Crippen LogP contribution in [0, 0.1) is 5.92 Å². The van der Waals surface area contributed by atoms with Gasteiger partial charge in [0.05, 0.1) is 24.3 Å². The number of para-hydroxylation sites is 2. The van der Waals surface area contributed by atoms with Crippen LogP contribution < -0.4 is 25.8 Å². The van der Waals surface area contributed by atoms with E-state index in [1.54, 1.807) is 24.3 Å². The van der Waals surface area contributed by atoms with Crippen molar-refractivity contribution in [1.29, 1.82) is 0 Å². The van der Waals surface area contributed by atoms with E-state index in [2.05, 4.69) is 27.5 Å². The number of methoxy groups -OCH3 is 1. The Hall–Kier alpha value is -3.36. The maximum absolute atomic E-state index is 13.0. The van der Waals surface area contributed by atoms with Crippen molar-refractivity contribution in [2.45, 2.75) is 32.1 Å². The van der Waals surface area contributed by atoms with Gasteiger partial charge in [0.25, 0.3) is 5.56 Å². The van der Waals surface area contributed by atoms with Gasteiger partial charge in [0, 0.05) is 19.5 Å². The lowest BCUT2D eigenvalue weighted by Gasteiger charge is -2.32. The number of hydrogen-bond acceptors (Lipinski definition) is 6. The van der Waals surface area contributed by atoms with Crippen LogP contribution in [0.4, 0.5) is 17.5 Å². The van der Waals surface area contributed by atoms with E-state index in [0.717, 1.165) is 25.9 Å². The summed E-state index contributed by atoms with van der Waals surface area (Å²) in [4.78, 5) is 47.5. The van der Waals surface area contributed by atoms with Gasteiger partial charge in [0.2, 0.25) is 17.8 Å². The van der Waals surface area contributed by atoms with Crippen molar-refractivity contribution in [2.24, 2.45) is 5.92 Å². The van der Waals surface area contributed by atoms with Crippen LogP contribution in [0.15, 0.2) is 29.1 Å². The number of rotatable bonds is 4. The van der Waals surface area contributed by atoms with Gasteiger partial charge in [-0.05, 0) is 30.9 Å². The van der Waals surface area contributed by atoms with Gasteiger partial charge in [-0.15, -0.1) is 0 Å². The molecular weight excluding hydrogens is 386 g/mol. The van der Waals surface area contributed by atoms with Gasteiger partial charge in [-0.1, -0.05) is 19.1 Å². The van der Waals surface area contributed by atoms with Crippen LogP contribution in [0.1, 0.15) is 37.7 Å². The summed E-state index contributed by atoms with van der Waals surface area (Å²) >= 11 is 0. The number of anilines is 3. The van der Waals surface area contributed by atoms with Crippen LogP contribution in [0.5, 0.6) is 5.75 Å². The number of nitrogens with one attached hydrogen (secondary N) is 3. The standard InChI is InChI=1S/C21H25N5O4/c1-12-6-5-9-26(11-12)21-24-18-17(20(29)25-21)13(10-16(27)23-18)19(28)22-14-7-3-4-8-15(14)30-2/h3-4,7-8,12-13H,5-6,9-11H2,1-2H3,(H,22,28)(H2,23,24,25,27,29)/t12-,13+/m0/s1. The molecule has 0 unspecified atom stereocenters. The predicted molar refractivity (Wildman–Crippen MR) is 113 cm³/mol. The van der Waals surface area contributed by atoms with Crippen LogP contribution in [-0.4, -0.2) is 42.0 Å². The highest BCUT2D eigenvalue weighted by molar-refractivity contribution is 6.04. The number of hydrogen-bond donors (Lipinski definition) is 3. The number of H-pyrrole nitrogens is 1. The van der Waals surface area contributed by atoms with Crippen LogP contribution in [0.25, 0.3) is 0 Å². The molecule has 2 amide bonds. The number of piperidine rings is 1. The summed E-state index contributed by atoms with van der Waals surface area (Å²) < 4.78 is 5.26. The van der Waals surface area contributed by atoms with Crippen molar-refractivity contribution in [1.82, 2.24) is 9.97 Å². The number of nitrogens with zero attached hydrogens (tertiary/aromatic N) is 2. The molecule has 2 atom stereocenters. The second-order valence-electron chi connectivity index (χ2n) is 7.84. The largest absolute Gasteiger partial charge is 0.495 e. The van der Waals surface area contributed by atoms with Crippen molar-refractivity contribution in [2.75, 3.05) is 35.7 Å². The summed E-state index contributed by atoms with van der Waals surface area (Å²) in [5.41, 5.74) is 0.241. The number of aromatic nitrogens is 2. The molecule has 2 aliphatic heterocycles. The highest BCUT2D eigenvalue weighted by atomic mass is 16.5. The first-order valence-electron chi connectivity index (χ1n) is 10.1. The zero-order valence-corrected chi connectivity index (χ0v) is 17.0. The average molecular weight is 411 g/mol. The van der Waals surface area contributed by atoms with Gasteiger partial charge >= 0.3 is 0 Å². The number of benzene rings is 1. The molecule has 30 heavy (non-hydrogen) atoms. The summed E-state index contributed by atoms with van der Waals surface area (Å²) in [6.45, 7) is 3.73. The fourth-order valence-electron chi connectivity index (χ4n) is 4.08. The lowest BCUT2D eigenvalue weighted by molar-refractivity contribution is -0.123. The molecule has 3 heterocycles. The normalized spacial score (nSPS) is 20.9. The number of aromatic amines is 1. The Morgan fingerprint density at radius 2 is 2.10 bits per heavy atom. The van der Waals surface area contributed by atoms with E-state index in [4.69, 9.17) is 4.74 Å². The van der Waals surface area contributed by atoms with E-state index in [-0.39, 0.29) is 23.7 Å². The number of carbonyl (C=O) groups is 2. The van der Waals surface area contributed by atoms with Gasteiger partial charge in [-0.3, -0.25) is 19.4 Å². The van der Waals surface area contributed by atoms with Gasteiger partial charge < -0.3 is 20.3 Å². The van der Waals surface area contributed by atoms with Crippen LogP contribution >= 0.6 is 0 Å². The lowest BCUT2D eigenvalue weighted by atomic mass is 9.92. The van der Waals surface area contributed by atoms with Gasteiger partial charge in [-0.2, -0.15) is 4.98 Å². The Morgan fingerprint density at radius 1 is 1.30 bits per heavy atom. The monoisotopic (exact) mass is 411 g/mol. The van der Waals surface area contributed by atoms with Crippen molar-refractivity contribution in [3.05, 3.63) is 40.2 Å². The average Bonchev–Trinajstić information content (AvgIpc) is 2.73. The zero-order valence-electron chi connectivity index (χ0n) is 17.0. The highest BCUT2D eigenvalue weighted by Crippen LogP contribution is 2.32. The van der Waals surface area contributed by atoms with Crippen molar-refractivity contribution in [3.8, 4) is 5.75 Å². The molecule has 1 aromatic carbocycles. The van der Waals surface area contributed by atoms with Crippen LogP contribution in [0.2, 0.25) is 0 Å². The zero-order chi connectivity index (χ0) is 21.3. The molecule has 0 bridgehead atoms. The first kappa shape index (κ1) is 19.9. The van der Waals surface area contributed by atoms with E-state index in [1.807, 2.05) is 4.90 Å². The highest BCUT2D eigenvalue weighted by Gasteiger charge is 2.35. The second kappa shape index (κ2) is 8.17. The third kappa shape index (κ3) is 3.87.